The Hall–Kier alpha value is -3.15. The molecule has 2 atom stereocenters. The van der Waals surface area contributed by atoms with Crippen LogP contribution in [0.25, 0.3) is 5.69 Å². The Morgan fingerprint density at radius 2 is 1.70 bits per heavy atom. The van der Waals surface area contributed by atoms with Crippen LogP contribution in [0.3, 0.4) is 0 Å². The second-order valence-corrected chi connectivity index (χ2v) is 9.30. The van der Waals surface area contributed by atoms with Crippen LogP contribution in [-0.2, 0) is 0 Å². The first-order chi connectivity index (χ1) is 15.9. The summed E-state index contributed by atoms with van der Waals surface area (Å²) in [6, 6.07) is 24.6. The third-order valence-corrected chi connectivity index (χ3v) is 6.82. The average molecular weight is 473 g/mol. The van der Waals surface area contributed by atoms with Gasteiger partial charge in [0.05, 0.1) is 17.8 Å². The summed E-state index contributed by atoms with van der Waals surface area (Å²) in [7, 11) is 0. The highest BCUT2D eigenvalue weighted by atomic mass is 35.5. The van der Waals surface area contributed by atoms with E-state index in [1.54, 1.807) is 0 Å². The van der Waals surface area contributed by atoms with E-state index in [0.29, 0.717) is 10.1 Å². The lowest BCUT2D eigenvalue weighted by Crippen LogP contribution is -2.29. The van der Waals surface area contributed by atoms with Crippen LogP contribution >= 0.6 is 23.8 Å². The largest absolute Gasteiger partial charge is 0.351 e. The Morgan fingerprint density at radius 1 is 0.909 bits per heavy atom. The molecule has 1 aliphatic heterocycles. The number of aromatic nitrogens is 2. The van der Waals surface area contributed by atoms with E-state index < -0.39 is 0 Å². The molecule has 2 unspecified atom stereocenters. The van der Waals surface area contributed by atoms with E-state index in [1.807, 2.05) is 42.6 Å². The molecule has 0 amide bonds. The standard InChI is InChI=1S/C27H25ClN4S/c1-17-7-6-8-22(15-17)31-18(2)16-23(19(31)3)26-25(24-9-4-5-14-29-24)30-27(33)32(26)21-12-10-20(28)11-13-21/h4-16,25-26H,1-3H3,(H,30,33). The first kappa shape index (κ1) is 21.7. The van der Waals surface area contributed by atoms with Gasteiger partial charge in [-0.3, -0.25) is 4.98 Å². The SMILES string of the molecule is Cc1cccc(-n2c(C)cc(C3C(c4ccccn4)NC(=S)N3c3ccc(Cl)cc3)c2C)c1. The van der Waals surface area contributed by atoms with Crippen molar-refractivity contribution in [3.05, 3.63) is 112 Å². The molecule has 6 heteroatoms. The Balaban J connectivity index is 1.68. The number of hydrogen-bond donors (Lipinski definition) is 1. The Kier molecular flexibility index (Phi) is 5.69. The van der Waals surface area contributed by atoms with Crippen LogP contribution in [0.4, 0.5) is 5.69 Å². The zero-order chi connectivity index (χ0) is 23.1. The molecule has 33 heavy (non-hydrogen) atoms. The van der Waals surface area contributed by atoms with Crippen LogP contribution in [0, 0.1) is 20.8 Å². The van der Waals surface area contributed by atoms with Gasteiger partial charge in [-0.2, -0.15) is 0 Å². The fourth-order valence-electron chi connectivity index (χ4n) is 4.80. The van der Waals surface area contributed by atoms with Crippen molar-refractivity contribution in [2.75, 3.05) is 4.90 Å². The molecule has 1 N–H and O–H groups in total. The number of halogens is 1. The van der Waals surface area contributed by atoms with Gasteiger partial charge >= 0.3 is 0 Å². The van der Waals surface area contributed by atoms with Crippen LogP contribution in [0.2, 0.25) is 5.02 Å². The smallest absolute Gasteiger partial charge is 0.174 e. The van der Waals surface area contributed by atoms with Crippen molar-refractivity contribution in [2.24, 2.45) is 0 Å². The number of aryl methyl sites for hydroxylation is 2. The topological polar surface area (TPSA) is 33.1 Å². The van der Waals surface area contributed by atoms with E-state index in [9.17, 15) is 0 Å². The summed E-state index contributed by atoms with van der Waals surface area (Å²) in [4.78, 5) is 6.85. The molecule has 1 fully saturated rings. The highest BCUT2D eigenvalue weighted by Gasteiger charge is 2.42. The van der Waals surface area contributed by atoms with Crippen LogP contribution in [-0.4, -0.2) is 14.7 Å². The average Bonchev–Trinajstić information content (AvgIpc) is 3.30. The minimum Gasteiger partial charge on any atom is -0.351 e. The van der Waals surface area contributed by atoms with Crippen molar-refractivity contribution in [3.63, 3.8) is 0 Å². The van der Waals surface area contributed by atoms with Crippen molar-refractivity contribution >= 4 is 34.6 Å². The van der Waals surface area contributed by atoms with Gasteiger partial charge in [0.15, 0.2) is 5.11 Å². The van der Waals surface area contributed by atoms with Crippen LogP contribution in [0.5, 0.6) is 0 Å². The third kappa shape index (κ3) is 3.92. The van der Waals surface area contributed by atoms with E-state index in [1.165, 1.54) is 22.5 Å². The van der Waals surface area contributed by atoms with Gasteiger partial charge in [0.1, 0.15) is 0 Å². The van der Waals surface area contributed by atoms with Gasteiger partial charge in [0.2, 0.25) is 0 Å². The van der Waals surface area contributed by atoms with Gasteiger partial charge in [-0.25, -0.2) is 0 Å². The van der Waals surface area contributed by atoms with Gasteiger partial charge < -0.3 is 14.8 Å². The quantitative estimate of drug-likeness (QED) is 0.338. The molecule has 0 aliphatic carbocycles. The fourth-order valence-corrected chi connectivity index (χ4v) is 5.27. The van der Waals surface area contributed by atoms with Gasteiger partial charge in [0.25, 0.3) is 0 Å². The zero-order valence-electron chi connectivity index (χ0n) is 18.8. The summed E-state index contributed by atoms with van der Waals surface area (Å²) in [6.07, 6.45) is 1.83. The van der Waals surface area contributed by atoms with Crippen molar-refractivity contribution in [2.45, 2.75) is 32.9 Å². The number of nitrogens with zero attached hydrogens (tertiary/aromatic N) is 3. The third-order valence-electron chi connectivity index (χ3n) is 6.25. The summed E-state index contributed by atoms with van der Waals surface area (Å²) in [5.41, 5.74) is 7.95. The molecule has 0 saturated carbocycles. The number of hydrogen-bond acceptors (Lipinski definition) is 2. The highest BCUT2D eigenvalue weighted by molar-refractivity contribution is 7.80. The maximum Gasteiger partial charge on any atom is 0.174 e. The molecule has 4 aromatic rings. The second-order valence-electron chi connectivity index (χ2n) is 8.47. The number of benzene rings is 2. The van der Waals surface area contributed by atoms with Crippen molar-refractivity contribution in [1.82, 2.24) is 14.9 Å². The normalized spacial score (nSPS) is 17.9. The molecule has 5 rings (SSSR count). The minimum absolute atomic E-state index is 0.0571. The van der Waals surface area contributed by atoms with Gasteiger partial charge in [-0.15, -0.1) is 0 Å². The van der Waals surface area contributed by atoms with Crippen LogP contribution in [0.15, 0.2) is 79.0 Å². The Morgan fingerprint density at radius 3 is 2.39 bits per heavy atom. The van der Waals surface area contributed by atoms with Gasteiger partial charge in [-0.1, -0.05) is 29.8 Å². The number of pyridine rings is 1. The molecule has 0 radical (unpaired) electrons. The summed E-state index contributed by atoms with van der Waals surface area (Å²) in [5.74, 6) is 0. The molecular weight excluding hydrogens is 448 g/mol. The molecule has 1 saturated heterocycles. The summed E-state index contributed by atoms with van der Waals surface area (Å²) in [5, 5.41) is 4.92. The zero-order valence-corrected chi connectivity index (χ0v) is 20.4. The van der Waals surface area contributed by atoms with E-state index >= 15 is 0 Å². The van der Waals surface area contributed by atoms with E-state index in [4.69, 9.17) is 23.8 Å². The molecule has 2 aromatic heterocycles. The second kappa shape index (κ2) is 8.65. The maximum atomic E-state index is 6.18. The van der Waals surface area contributed by atoms with Crippen molar-refractivity contribution in [3.8, 4) is 5.69 Å². The molecule has 4 nitrogen and oxygen atoms in total. The molecule has 0 bridgehead atoms. The number of rotatable bonds is 4. The Bertz CT molecular complexity index is 1310. The molecular formula is C27H25ClN4S. The Labute approximate surface area is 204 Å². The first-order valence-electron chi connectivity index (χ1n) is 11.0. The summed E-state index contributed by atoms with van der Waals surface area (Å²) >= 11 is 12.0. The predicted molar refractivity (Wildman–Crippen MR) is 139 cm³/mol. The molecule has 1 aliphatic rings. The van der Waals surface area contributed by atoms with E-state index in [-0.39, 0.29) is 12.1 Å². The minimum atomic E-state index is -0.0826. The molecule has 0 spiro atoms. The van der Waals surface area contributed by atoms with Crippen molar-refractivity contribution in [1.29, 1.82) is 0 Å². The van der Waals surface area contributed by atoms with E-state index in [0.717, 1.165) is 17.1 Å². The van der Waals surface area contributed by atoms with Gasteiger partial charge in [-0.05, 0) is 98.7 Å². The lowest BCUT2D eigenvalue weighted by molar-refractivity contribution is 0.565. The predicted octanol–water partition coefficient (Wildman–Crippen LogP) is 6.63. The molecule has 3 heterocycles. The highest BCUT2D eigenvalue weighted by Crippen LogP contribution is 2.43. The summed E-state index contributed by atoms with van der Waals surface area (Å²) < 4.78 is 2.32. The van der Waals surface area contributed by atoms with E-state index in [2.05, 4.69) is 76.9 Å². The lowest BCUT2D eigenvalue weighted by atomic mass is 9.96. The van der Waals surface area contributed by atoms with Crippen molar-refractivity contribution < 1.29 is 0 Å². The monoisotopic (exact) mass is 472 g/mol. The number of anilines is 1. The first-order valence-corrected chi connectivity index (χ1v) is 11.7. The fraction of sp³-hybridized carbons (Fsp3) is 0.185. The molecule has 166 valence electrons. The van der Waals surface area contributed by atoms with Crippen LogP contribution < -0.4 is 10.2 Å². The number of nitrogens with one attached hydrogen (secondary N) is 1. The lowest BCUT2D eigenvalue weighted by Gasteiger charge is -2.28. The summed E-state index contributed by atoms with van der Waals surface area (Å²) in [6.45, 7) is 6.46. The molecule has 2 aromatic carbocycles. The number of thiocarbonyl (C=S) groups is 1. The van der Waals surface area contributed by atoms with Crippen LogP contribution in [0.1, 0.15) is 40.3 Å². The maximum absolute atomic E-state index is 6.18. The van der Waals surface area contributed by atoms with Gasteiger partial charge in [0, 0.05) is 34.0 Å².